The quantitative estimate of drug-likeness (QED) is 0.902. The zero-order chi connectivity index (χ0) is 16.9. The van der Waals surface area contributed by atoms with Crippen LogP contribution in [0.25, 0.3) is 0 Å². The Labute approximate surface area is 154 Å². The van der Waals surface area contributed by atoms with Crippen molar-refractivity contribution in [3.63, 3.8) is 0 Å². The number of carbonyl (C=O) groups is 1. The number of hydrogen-bond acceptors (Lipinski definition) is 2. The summed E-state index contributed by atoms with van der Waals surface area (Å²) in [5.41, 5.74) is 3.30. The highest BCUT2D eigenvalue weighted by molar-refractivity contribution is 5.85. The summed E-state index contributed by atoms with van der Waals surface area (Å²) in [5, 5.41) is 3.37. The number of amides is 1. The Kier molecular flexibility index (Phi) is 6.97. The van der Waals surface area contributed by atoms with E-state index in [1.165, 1.54) is 17.7 Å². The first-order chi connectivity index (χ1) is 11.7. The fraction of sp³-hybridized carbons (Fsp3) is 0.350. The van der Waals surface area contributed by atoms with Crippen molar-refractivity contribution in [2.45, 2.75) is 25.8 Å². The summed E-state index contributed by atoms with van der Waals surface area (Å²) < 4.78 is 13.0. The minimum absolute atomic E-state index is 0. The highest BCUT2D eigenvalue weighted by atomic mass is 35.5. The van der Waals surface area contributed by atoms with Crippen molar-refractivity contribution in [2.75, 3.05) is 19.6 Å². The largest absolute Gasteiger partial charge is 0.333 e. The molecule has 5 heteroatoms. The second-order valence-electron chi connectivity index (χ2n) is 6.21. The Balaban J connectivity index is 0.00000225. The van der Waals surface area contributed by atoms with Gasteiger partial charge in [0.1, 0.15) is 5.82 Å². The Morgan fingerprint density at radius 2 is 1.76 bits per heavy atom. The van der Waals surface area contributed by atoms with Crippen molar-refractivity contribution < 1.29 is 9.18 Å². The number of piperazine rings is 1. The molecular formula is C20H24ClFN2O. The van der Waals surface area contributed by atoms with Gasteiger partial charge in [-0.25, -0.2) is 4.39 Å². The van der Waals surface area contributed by atoms with E-state index in [1.807, 2.05) is 4.90 Å². The number of nitrogens with one attached hydrogen (secondary N) is 1. The highest BCUT2D eigenvalue weighted by Gasteiger charge is 2.27. The van der Waals surface area contributed by atoms with E-state index in [0.717, 1.165) is 30.6 Å². The van der Waals surface area contributed by atoms with Crippen molar-refractivity contribution in [3.05, 3.63) is 71.0 Å². The Bertz CT molecular complexity index is 688. The van der Waals surface area contributed by atoms with Gasteiger partial charge in [0, 0.05) is 19.6 Å². The average Bonchev–Trinajstić information content (AvgIpc) is 2.63. The SMILES string of the molecule is CCc1ccc(C2CNCCN2C(=O)Cc2ccc(F)cc2)cc1.Cl. The minimum Gasteiger partial charge on any atom is -0.333 e. The van der Waals surface area contributed by atoms with Gasteiger partial charge in [-0.15, -0.1) is 12.4 Å². The Morgan fingerprint density at radius 3 is 2.40 bits per heavy atom. The normalized spacial score (nSPS) is 17.0. The van der Waals surface area contributed by atoms with Crippen molar-refractivity contribution in [2.24, 2.45) is 0 Å². The molecule has 1 heterocycles. The summed E-state index contributed by atoms with van der Waals surface area (Å²) in [7, 11) is 0. The zero-order valence-corrected chi connectivity index (χ0v) is 15.2. The number of nitrogens with zero attached hydrogens (tertiary/aromatic N) is 1. The van der Waals surface area contributed by atoms with Crippen LogP contribution in [0.4, 0.5) is 4.39 Å². The van der Waals surface area contributed by atoms with Gasteiger partial charge in [-0.2, -0.15) is 0 Å². The smallest absolute Gasteiger partial charge is 0.227 e. The number of halogens is 2. The molecule has 1 aliphatic rings. The molecule has 1 fully saturated rings. The van der Waals surface area contributed by atoms with E-state index in [9.17, 15) is 9.18 Å². The third-order valence-corrected chi connectivity index (χ3v) is 4.61. The molecule has 0 aliphatic carbocycles. The molecule has 3 nitrogen and oxygen atoms in total. The number of benzene rings is 2. The van der Waals surface area contributed by atoms with Crippen molar-refractivity contribution >= 4 is 18.3 Å². The summed E-state index contributed by atoms with van der Waals surface area (Å²) >= 11 is 0. The lowest BCUT2D eigenvalue weighted by Crippen LogP contribution is -2.49. The molecule has 0 bridgehead atoms. The van der Waals surface area contributed by atoms with Crippen LogP contribution in [0.3, 0.4) is 0 Å². The molecule has 0 radical (unpaired) electrons. The molecule has 0 aromatic heterocycles. The predicted molar refractivity (Wildman–Crippen MR) is 100 cm³/mol. The summed E-state index contributed by atoms with van der Waals surface area (Å²) in [6.45, 7) is 4.40. The number of rotatable bonds is 4. The molecule has 2 aromatic carbocycles. The molecule has 1 atom stereocenters. The van der Waals surface area contributed by atoms with Crippen LogP contribution in [-0.4, -0.2) is 30.4 Å². The second kappa shape index (κ2) is 8.97. The molecule has 1 N–H and O–H groups in total. The Hall–Kier alpha value is -1.91. The first-order valence-electron chi connectivity index (χ1n) is 8.51. The van der Waals surface area contributed by atoms with E-state index in [-0.39, 0.29) is 30.2 Å². The van der Waals surface area contributed by atoms with Gasteiger partial charge in [0.2, 0.25) is 5.91 Å². The van der Waals surface area contributed by atoms with Crippen LogP contribution >= 0.6 is 12.4 Å². The summed E-state index contributed by atoms with van der Waals surface area (Å²) in [5.74, 6) is -0.185. The molecule has 0 spiro atoms. The standard InChI is InChI=1S/C20H23FN2O.ClH/c1-2-15-3-7-17(8-4-15)19-14-22-11-12-23(19)20(24)13-16-5-9-18(21)10-6-16;/h3-10,19,22H,2,11-14H2,1H3;1H. The minimum atomic E-state index is -0.276. The predicted octanol–water partition coefficient (Wildman–Crippen LogP) is 3.53. The maximum absolute atomic E-state index is 13.0. The molecule has 3 rings (SSSR count). The third kappa shape index (κ3) is 4.80. The van der Waals surface area contributed by atoms with Crippen LogP contribution in [0, 0.1) is 5.82 Å². The van der Waals surface area contributed by atoms with Crippen molar-refractivity contribution in [3.8, 4) is 0 Å². The fourth-order valence-electron chi connectivity index (χ4n) is 3.15. The lowest BCUT2D eigenvalue weighted by Gasteiger charge is -2.36. The monoisotopic (exact) mass is 362 g/mol. The van der Waals surface area contributed by atoms with Gasteiger partial charge in [-0.05, 0) is 35.2 Å². The van der Waals surface area contributed by atoms with Gasteiger partial charge in [0.25, 0.3) is 0 Å². The van der Waals surface area contributed by atoms with E-state index in [1.54, 1.807) is 12.1 Å². The first-order valence-corrected chi connectivity index (χ1v) is 8.51. The van der Waals surface area contributed by atoms with Crippen molar-refractivity contribution in [1.82, 2.24) is 10.2 Å². The maximum atomic E-state index is 13.0. The summed E-state index contributed by atoms with van der Waals surface area (Å²) in [6.07, 6.45) is 1.32. The van der Waals surface area contributed by atoms with Crippen LogP contribution < -0.4 is 5.32 Å². The number of aryl methyl sites for hydroxylation is 1. The van der Waals surface area contributed by atoms with E-state index in [2.05, 4.69) is 36.5 Å². The molecule has 1 amide bonds. The van der Waals surface area contributed by atoms with Crippen molar-refractivity contribution in [1.29, 1.82) is 0 Å². The Morgan fingerprint density at radius 1 is 1.12 bits per heavy atom. The molecule has 0 saturated carbocycles. The molecule has 2 aromatic rings. The zero-order valence-electron chi connectivity index (χ0n) is 14.4. The van der Waals surface area contributed by atoms with Gasteiger partial charge < -0.3 is 10.2 Å². The lowest BCUT2D eigenvalue weighted by molar-refractivity contribution is -0.133. The molecule has 25 heavy (non-hydrogen) atoms. The van der Waals surface area contributed by atoms with Gasteiger partial charge in [-0.3, -0.25) is 4.79 Å². The van der Waals surface area contributed by atoms with Crippen LogP contribution in [-0.2, 0) is 17.6 Å². The van der Waals surface area contributed by atoms with Crippen LogP contribution in [0.2, 0.25) is 0 Å². The molecule has 1 saturated heterocycles. The van der Waals surface area contributed by atoms with Gasteiger partial charge in [0.15, 0.2) is 0 Å². The number of hydrogen-bond donors (Lipinski definition) is 1. The molecule has 1 aliphatic heterocycles. The fourth-order valence-corrected chi connectivity index (χ4v) is 3.15. The maximum Gasteiger partial charge on any atom is 0.227 e. The van der Waals surface area contributed by atoms with E-state index in [0.29, 0.717) is 13.0 Å². The number of carbonyl (C=O) groups excluding carboxylic acids is 1. The third-order valence-electron chi connectivity index (χ3n) is 4.61. The average molecular weight is 363 g/mol. The van der Waals surface area contributed by atoms with Gasteiger partial charge in [0.05, 0.1) is 12.5 Å². The van der Waals surface area contributed by atoms with Gasteiger partial charge in [-0.1, -0.05) is 43.3 Å². The van der Waals surface area contributed by atoms with E-state index >= 15 is 0 Å². The van der Waals surface area contributed by atoms with Crippen LogP contribution in [0.15, 0.2) is 48.5 Å². The van der Waals surface area contributed by atoms with Crippen LogP contribution in [0.5, 0.6) is 0 Å². The summed E-state index contributed by atoms with van der Waals surface area (Å²) in [6, 6.07) is 14.7. The summed E-state index contributed by atoms with van der Waals surface area (Å²) in [4.78, 5) is 14.7. The van der Waals surface area contributed by atoms with Gasteiger partial charge >= 0.3 is 0 Å². The van der Waals surface area contributed by atoms with E-state index < -0.39 is 0 Å². The van der Waals surface area contributed by atoms with Crippen LogP contribution in [0.1, 0.15) is 29.7 Å². The second-order valence-corrected chi connectivity index (χ2v) is 6.21. The lowest BCUT2D eigenvalue weighted by atomic mass is 10.00. The first kappa shape index (κ1) is 19.4. The molecule has 1 unspecified atom stereocenters. The van der Waals surface area contributed by atoms with E-state index in [4.69, 9.17) is 0 Å². The molecular weight excluding hydrogens is 339 g/mol. The molecule has 134 valence electrons. The highest BCUT2D eigenvalue weighted by Crippen LogP contribution is 2.24. The topological polar surface area (TPSA) is 32.3 Å².